The molecular formula is C40H48N8O7. The molecule has 290 valence electrons. The number of methoxy groups -OCH3 is 2. The summed E-state index contributed by atoms with van der Waals surface area (Å²) in [6, 6.07) is 11.0. The number of carbonyl (C=O) groups excluding carboxylic acids is 4. The van der Waals surface area contributed by atoms with Crippen molar-refractivity contribution in [2.75, 3.05) is 27.3 Å². The maximum atomic E-state index is 13.5. The Morgan fingerprint density at radius 3 is 2.07 bits per heavy atom. The molecule has 2 aliphatic heterocycles. The molecule has 15 heteroatoms. The number of amides is 4. The molecule has 0 bridgehead atoms. The molecule has 5 atom stereocenters. The van der Waals surface area contributed by atoms with E-state index < -0.39 is 36.4 Å². The van der Waals surface area contributed by atoms with Crippen molar-refractivity contribution in [3.63, 3.8) is 0 Å². The third-order valence-corrected chi connectivity index (χ3v) is 10.2. The smallest absolute Gasteiger partial charge is 0.407 e. The van der Waals surface area contributed by atoms with E-state index in [1.54, 1.807) is 16.0 Å². The van der Waals surface area contributed by atoms with Crippen molar-refractivity contribution in [1.29, 1.82) is 0 Å². The monoisotopic (exact) mass is 752 g/mol. The average molecular weight is 753 g/mol. The Kier molecular flexibility index (Phi) is 11.8. The predicted octanol–water partition coefficient (Wildman–Crippen LogP) is 4.41. The maximum Gasteiger partial charge on any atom is 0.407 e. The van der Waals surface area contributed by atoms with Gasteiger partial charge in [-0.3, -0.25) is 9.59 Å². The van der Waals surface area contributed by atoms with Gasteiger partial charge in [0.05, 0.1) is 49.3 Å². The Morgan fingerprint density at radius 2 is 1.44 bits per heavy atom. The van der Waals surface area contributed by atoms with E-state index in [2.05, 4.69) is 37.4 Å². The number of aliphatic hydroxyl groups is 1. The number of aromatic nitrogens is 4. The van der Waals surface area contributed by atoms with Crippen LogP contribution in [0.2, 0.25) is 0 Å². The van der Waals surface area contributed by atoms with Gasteiger partial charge in [-0.05, 0) is 67.0 Å². The summed E-state index contributed by atoms with van der Waals surface area (Å²) in [4.78, 5) is 70.3. The van der Waals surface area contributed by atoms with Crippen LogP contribution < -0.4 is 10.6 Å². The number of likely N-dealkylation sites (tertiary alicyclic amines) is 2. The molecule has 4 amide bonds. The number of aliphatic hydroxyl groups excluding tert-OH is 1. The van der Waals surface area contributed by atoms with E-state index in [1.165, 1.54) is 14.2 Å². The first kappa shape index (κ1) is 38.8. The molecule has 55 heavy (non-hydrogen) atoms. The molecule has 2 fully saturated rings. The second-order valence-electron chi connectivity index (χ2n) is 14.6. The van der Waals surface area contributed by atoms with E-state index in [0.717, 1.165) is 46.3 Å². The minimum absolute atomic E-state index is 0.122. The summed E-state index contributed by atoms with van der Waals surface area (Å²) >= 11 is 0. The van der Waals surface area contributed by atoms with Gasteiger partial charge in [-0.15, -0.1) is 0 Å². The summed E-state index contributed by atoms with van der Waals surface area (Å²) in [6.07, 6.45) is 1.49. The third-order valence-electron chi connectivity index (χ3n) is 10.2. The predicted molar refractivity (Wildman–Crippen MR) is 203 cm³/mol. The number of hydrogen-bond acceptors (Lipinski definition) is 9. The van der Waals surface area contributed by atoms with Crippen LogP contribution >= 0.6 is 0 Å². The van der Waals surface area contributed by atoms with E-state index in [1.807, 2.05) is 70.2 Å². The van der Waals surface area contributed by atoms with Crippen LogP contribution in [0.3, 0.4) is 0 Å². The van der Waals surface area contributed by atoms with Gasteiger partial charge in [0.2, 0.25) is 11.8 Å². The van der Waals surface area contributed by atoms with Gasteiger partial charge in [0.1, 0.15) is 29.8 Å². The van der Waals surface area contributed by atoms with Gasteiger partial charge in [0, 0.05) is 24.2 Å². The Morgan fingerprint density at radius 1 is 0.818 bits per heavy atom. The molecular weight excluding hydrogens is 704 g/mol. The first-order valence-electron chi connectivity index (χ1n) is 18.5. The molecule has 5 N–H and O–H groups in total. The zero-order valence-electron chi connectivity index (χ0n) is 31.9. The number of nitrogens with zero attached hydrogens (tertiary/aromatic N) is 4. The van der Waals surface area contributed by atoms with Gasteiger partial charge in [0.15, 0.2) is 0 Å². The number of carbonyl (C=O) groups is 4. The molecule has 15 nitrogen and oxygen atoms in total. The molecule has 0 spiro atoms. The van der Waals surface area contributed by atoms with Gasteiger partial charge >= 0.3 is 12.2 Å². The normalized spacial score (nSPS) is 19.3. The Bertz CT molecular complexity index is 2100. The second kappa shape index (κ2) is 16.6. The molecule has 2 aromatic heterocycles. The fraction of sp³-hybridized carbons (Fsp3) is 0.450. The fourth-order valence-corrected chi connectivity index (χ4v) is 7.20. The molecule has 2 saturated heterocycles. The van der Waals surface area contributed by atoms with Crippen LogP contribution in [-0.2, 0) is 19.1 Å². The van der Waals surface area contributed by atoms with Crippen molar-refractivity contribution < 1.29 is 33.8 Å². The molecule has 4 aromatic rings. The SMILES string of the molecule is COC(=O)N[C@H](C(=O)N1CC[C@H](O)[C@H]1c1ncc(-c2ccc(C#Cc3ccc4nc([C@@H]5CCCN5C(=O)[C@@H](NC(=O)OC)C(C)C)[nH]c4c3)cc2)[nH]1)C(C)C. The van der Waals surface area contributed by atoms with E-state index in [4.69, 9.17) is 14.5 Å². The minimum atomic E-state index is -0.819. The fourth-order valence-electron chi connectivity index (χ4n) is 7.20. The summed E-state index contributed by atoms with van der Waals surface area (Å²) in [5.74, 6) is 6.81. The van der Waals surface area contributed by atoms with Crippen molar-refractivity contribution in [3.8, 4) is 23.1 Å². The molecule has 0 radical (unpaired) electrons. The number of H-pyrrole nitrogens is 2. The second-order valence-corrected chi connectivity index (χ2v) is 14.6. The maximum absolute atomic E-state index is 13.5. The van der Waals surface area contributed by atoms with Gasteiger partial charge in [0.25, 0.3) is 0 Å². The van der Waals surface area contributed by atoms with Crippen LogP contribution in [-0.4, -0.2) is 104 Å². The highest BCUT2D eigenvalue weighted by molar-refractivity contribution is 5.87. The average Bonchev–Trinajstić information content (AvgIpc) is 4.00. The number of rotatable bonds is 9. The van der Waals surface area contributed by atoms with Crippen LogP contribution in [0.25, 0.3) is 22.3 Å². The van der Waals surface area contributed by atoms with Crippen LogP contribution in [0.5, 0.6) is 0 Å². The number of hydrogen-bond donors (Lipinski definition) is 5. The third kappa shape index (κ3) is 8.44. The molecule has 6 rings (SSSR count). The zero-order valence-corrected chi connectivity index (χ0v) is 31.9. The topological polar surface area (TPSA) is 195 Å². The largest absolute Gasteiger partial charge is 0.453 e. The van der Waals surface area contributed by atoms with E-state index >= 15 is 0 Å². The van der Waals surface area contributed by atoms with Crippen LogP contribution in [0.4, 0.5) is 9.59 Å². The standard InChI is InChI=1S/C40H48N8O7/c1-22(2)32(45-39(52)54-5)37(50)47-18-7-8-30(47)35-42-27-16-13-25(20-28(27)43-35)10-9-24-11-14-26(15-12-24)29-21-41-36(44-29)34-31(49)17-19-48(34)38(51)33(23(3)4)46-40(53)55-6/h11-16,20-23,30-34,49H,7-8,17-19H2,1-6H3,(H,41,44)(H,42,43)(H,45,52)(H,46,53)/t30-,31-,32-,33-,34-/m0/s1. The molecule has 2 aliphatic rings. The quantitative estimate of drug-likeness (QED) is 0.154. The zero-order chi connectivity index (χ0) is 39.4. The molecule has 0 aliphatic carbocycles. The van der Waals surface area contributed by atoms with Crippen LogP contribution in [0.1, 0.15) is 81.8 Å². The highest BCUT2D eigenvalue weighted by atomic mass is 16.5. The van der Waals surface area contributed by atoms with E-state index in [9.17, 15) is 24.3 Å². The van der Waals surface area contributed by atoms with Gasteiger partial charge in [-0.25, -0.2) is 19.6 Å². The highest BCUT2D eigenvalue weighted by Gasteiger charge is 2.42. The number of nitrogens with one attached hydrogen (secondary N) is 4. The minimum Gasteiger partial charge on any atom is -0.453 e. The Balaban J connectivity index is 1.13. The van der Waals surface area contributed by atoms with Crippen molar-refractivity contribution in [3.05, 3.63) is 71.4 Å². The summed E-state index contributed by atoms with van der Waals surface area (Å²) < 4.78 is 9.46. The van der Waals surface area contributed by atoms with Crippen molar-refractivity contribution in [2.45, 2.75) is 77.2 Å². The summed E-state index contributed by atoms with van der Waals surface area (Å²) in [5.41, 5.74) is 4.75. The first-order valence-corrected chi connectivity index (χ1v) is 18.5. The Hall–Kier alpha value is -5.88. The summed E-state index contributed by atoms with van der Waals surface area (Å²) in [6.45, 7) is 8.34. The van der Waals surface area contributed by atoms with Crippen molar-refractivity contribution in [2.24, 2.45) is 11.8 Å². The van der Waals surface area contributed by atoms with Crippen molar-refractivity contribution >= 4 is 35.0 Å². The van der Waals surface area contributed by atoms with E-state index in [0.29, 0.717) is 31.2 Å². The Labute approximate surface area is 319 Å². The molecule has 4 heterocycles. The lowest BCUT2D eigenvalue weighted by molar-refractivity contribution is -0.136. The lowest BCUT2D eigenvalue weighted by Gasteiger charge is -2.30. The van der Waals surface area contributed by atoms with Gasteiger partial charge in [-0.1, -0.05) is 51.7 Å². The summed E-state index contributed by atoms with van der Waals surface area (Å²) in [5, 5.41) is 16.2. The van der Waals surface area contributed by atoms with Gasteiger partial charge in [-0.2, -0.15) is 0 Å². The number of ether oxygens (including phenoxy) is 2. The summed E-state index contributed by atoms with van der Waals surface area (Å²) in [7, 11) is 2.52. The number of aromatic amines is 2. The highest BCUT2D eigenvalue weighted by Crippen LogP contribution is 2.34. The first-order chi connectivity index (χ1) is 26.4. The number of benzene rings is 2. The van der Waals surface area contributed by atoms with Crippen LogP contribution in [0.15, 0.2) is 48.7 Å². The van der Waals surface area contributed by atoms with Crippen molar-refractivity contribution in [1.82, 2.24) is 40.4 Å². The lowest BCUT2D eigenvalue weighted by Crippen LogP contribution is -2.51. The molecule has 2 aromatic carbocycles. The lowest BCUT2D eigenvalue weighted by atomic mass is 10.0. The molecule has 0 unspecified atom stereocenters. The number of imidazole rings is 2. The molecule has 0 saturated carbocycles. The number of fused-ring (bicyclic) bond motifs is 1. The van der Waals surface area contributed by atoms with E-state index in [-0.39, 0.29) is 29.7 Å². The number of alkyl carbamates (subject to hydrolysis) is 2. The van der Waals surface area contributed by atoms with Gasteiger partial charge < -0.3 is 45.0 Å². The van der Waals surface area contributed by atoms with Crippen LogP contribution in [0, 0.1) is 23.7 Å².